The molecule has 0 radical (unpaired) electrons. The van der Waals surface area contributed by atoms with E-state index in [2.05, 4.69) is 221 Å². The highest BCUT2D eigenvalue weighted by Crippen LogP contribution is 2.46. The molecule has 6 aromatic carbocycles. The minimum absolute atomic E-state index is 0.0836. The molecule has 0 atom stereocenters. The number of piperazine rings is 1. The van der Waals surface area contributed by atoms with E-state index in [1.165, 1.54) is 44.7 Å². The number of fused-ring (bicyclic) bond motifs is 4. The van der Waals surface area contributed by atoms with E-state index >= 15 is 0 Å². The fourth-order valence-corrected chi connectivity index (χ4v) is 15.1. The molecule has 5 aliphatic rings. The van der Waals surface area contributed by atoms with Gasteiger partial charge in [0.1, 0.15) is 21.0 Å². The van der Waals surface area contributed by atoms with Gasteiger partial charge >= 0.3 is 0 Å². The van der Waals surface area contributed by atoms with E-state index < -0.39 is 0 Å². The Bertz CT molecular complexity index is 4020. The quantitative estimate of drug-likeness (QED) is 0.0339. The molecule has 6 amide bonds. The maximum absolute atomic E-state index is 12.8. The first kappa shape index (κ1) is 60.8. The predicted molar refractivity (Wildman–Crippen MR) is 364 cm³/mol. The number of carbonyl (C=O) groups excluding carboxylic acids is 6. The lowest BCUT2D eigenvalue weighted by atomic mass is 9.97. The van der Waals surface area contributed by atoms with Crippen molar-refractivity contribution in [2.45, 2.75) is 64.5 Å². The third-order valence-electron chi connectivity index (χ3n) is 17.4. The van der Waals surface area contributed by atoms with Crippen LogP contribution in [0.25, 0.3) is 43.7 Å². The van der Waals surface area contributed by atoms with E-state index in [-0.39, 0.29) is 61.6 Å². The number of anilines is 4. The molecule has 1 saturated heterocycles. The molecular weight excluding hydrogens is 1190 g/mol. The third kappa shape index (κ3) is 13.3. The van der Waals surface area contributed by atoms with E-state index in [1.54, 1.807) is 22.7 Å². The van der Waals surface area contributed by atoms with Gasteiger partial charge in [0.15, 0.2) is 13.1 Å². The summed E-state index contributed by atoms with van der Waals surface area (Å²) >= 11 is 3.59. The van der Waals surface area contributed by atoms with Crippen LogP contribution >= 0.6 is 22.7 Å². The van der Waals surface area contributed by atoms with Gasteiger partial charge in [0.2, 0.25) is 22.8 Å². The van der Waals surface area contributed by atoms with Crippen LogP contribution in [0.5, 0.6) is 0 Å². The molecule has 2 aromatic heterocycles. The lowest BCUT2D eigenvalue weighted by molar-refractivity contribution is -0.669. The summed E-state index contributed by atoms with van der Waals surface area (Å²) in [5.41, 5.74) is 11.3. The third-order valence-corrected chi connectivity index (χ3v) is 19.6. The molecule has 0 aliphatic carbocycles. The van der Waals surface area contributed by atoms with Crippen molar-refractivity contribution in [1.82, 2.24) is 30.2 Å². The molecule has 7 heterocycles. The number of allylic oxidation sites excluding steroid dienone is 4. The van der Waals surface area contributed by atoms with Crippen LogP contribution in [0.4, 0.5) is 22.7 Å². The van der Waals surface area contributed by atoms with Crippen LogP contribution in [0.15, 0.2) is 206 Å². The normalized spacial score (nSPS) is 16.4. The molecular formula is C74H72N10O6S2+2. The van der Waals surface area contributed by atoms with Crippen LogP contribution in [0.1, 0.15) is 72.5 Å². The van der Waals surface area contributed by atoms with Crippen LogP contribution < -0.4 is 29.6 Å². The SMILES string of the molecule is O=C(CCCCC[n+]1c(/C=C2\C=C(N3CCN(C4=C/C(=C\c5sc6ccccc6[n+]5CCCCCC(=O)NCCN5C(=O)C=CC5=O)c5ccccc5N4c4ccccc4)CC3)N(c3ccccc3)c3ccccc32)sc2ccccc21)NCCN1C(=O)C=CC1=O. The Morgan fingerprint density at radius 2 is 0.804 bits per heavy atom. The molecule has 0 bridgehead atoms. The van der Waals surface area contributed by atoms with Crippen LogP contribution in [0.3, 0.4) is 0 Å². The fraction of sp³-hybridized carbons (Fsp3) is 0.243. The lowest BCUT2D eigenvalue weighted by Crippen LogP contribution is -2.50. The summed E-state index contributed by atoms with van der Waals surface area (Å²) in [4.78, 5) is 85.7. The van der Waals surface area contributed by atoms with Crippen molar-refractivity contribution in [3.63, 3.8) is 0 Å². The van der Waals surface area contributed by atoms with Gasteiger partial charge in [-0.3, -0.25) is 48.4 Å². The summed E-state index contributed by atoms with van der Waals surface area (Å²) in [6.45, 7) is 5.41. The van der Waals surface area contributed by atoms with Crippen molar-refractivity contribution in [2.24, 2.45) is 0 Å². The highest BCUT2D eigenvalue weighted by molar-refractivity contribution is 7.19. The number of unbranched alkanes of at least 4 members (excludes halogenated alkanes) is 4. The summed E-state index contributed by atoms with van der Waals surface area (Å²) in [6, 6.07) is 56.0. The number of carbonyl (C=O) groups is 6. The number of amides is 6. The van der Waals surface area contributed by atoms with Crippen molar-refractivity contribution in [3.8, 4) is 0 Å². The number of hydrogen-bond donors (Lipinski definition) is 2. The van der Waals surface area contributed by atoms with Gasteiger partial charge in [0.05, 0.1) is 11.4 Å². The Kier molecular flexibility index (Phi) is 18.5. The van der Waals surface area contributed by atoms with E-state index in [4.69, 9.17) is 0 Å². The van der Waals surface area contributed by atoms with Gasteiger partial charge in [-0.05, 0) is 97.5 Å². The van der Waals surface area contributed by atoms with Crippen LogP contribution in [-0.4, -0.2) is 107 Å². The maximum atomic E-state index is 12.8. The number of thiazole rings is 2. The van der Waals surface area contributed by atoms with Crippen molar-refractivity contribution < 1.29 is 37.9 Å². The first-order chi connectivity index (χ1) is 45.1. The van der Waals surface area contributed by atoms with Crippen molar-refractivity contribution in [3.05, 3.63) is 227 Å². The first-order valence-electron chi connectivity index (χ1n) is 31.8. The highest BCUT2D eigenvalue weighted by Gasteiger charge is 2.35. The number of aryl methyl sites for hydroxylation is 2. The zero-order valence-corrected chi connectivity index (χ0v) is 52.8. The molecule has 18 heteroatoms. The number of nitrogens with one attached hydrogen (secondary N) is 2. The molecule has 0 spiro atoms. The van der Waals surface area contributed by atoms with Gasteiger partial charge in [-0.15, -0.1) is 0 Å². The summed E-state index contributed by atoms with van der Waals surface area (Å²) in [5.74, 6) is 0.677. The Labute approximate surface area is 543 Å². The lowest BCUT2D eigenvalue weighted by Gasteiger charge is -2.46. The van der Waals surface area contributed by atoms with Crippen LogP contribution in [0.2, 0.25) is 0 Å². The van der Waals surface area contributed by atoms with Crippen molar-refractivity contribution in [2.75, 3.05) is 62.2 Å². The molecule has 13 rings (SSSR count). The number of aromatic nitrogens is 2. The van der Waals surface area contributed by atoms with Gasteiger partial charge in [-0.2, -0.15) is 9.13 Å². The average Bonchev–Trinajstić information content (AvgIpc) is 0.840. The summed E-state index contributed by atoms with van der Waals surface area (Å²) in [6.07, 6.45) is 20.2. The Morgan fingerprint density at radius 3 is 1.22 bits per heavy atom. The second-order valence-electron chi connectivity index (χ2n) is 23.3. The predicted octanol–water partition coefficient (Wildman–Crippen LogP) is 11.3. The van der Waals surface area contributed by atoms with Gasteiger partial charge in [0.25, 0.3) is 33.6 Å². The average molecular weight is 1260 g/mol. The fourth-order valence-electron chi connectivity index (χ4n) is 12.8. The summed E-state index contributed by atoms with van der Waals surface area (Å²) < 4.78 is 7.29. The smallest absolute Gasteiger partial charge is 0.263 e. The number of rotatable bonds is 24. The second kappa shape index (κ2) is 28.0. The zero-order chi connectivity index (χ0) is 62.9. The standard InChI is InChI=1S/C74H70N10O6S2/c85-65(75-39-43-81-69(87)35-36-70(81)88)33-9-3-19-41-79-61-29-15-17-31-63(61)91-73(79)51-53-49-67(83(55-21-5-1-6-22-55)59-27-13-11-25-57(53)59)77-45-47-78(48-46-77)68-50-54(58-26-12-14-28-60(58)84(68)56-23-7-2-8-24-56)52-74-80(62-30-16-18-32-64(62)92-74)42-20-4-10-34-66(86)76-40-44-82-71(89)37-38-72(82)90/h1-2,5-8,11-18,21-32,35-38,49-52H,3-4,9-10,19-20,33-34,39-48H2/p+2. The largest absolute Gasteiger partial charge is 0.354 e. The Balaban J connectivity index is 0.753. The van der Waals surface area contributed by atoms with Gasteiger partial charge in [-0.25, -0.2) is 0 Å². The van der Waals surface area contributed by atoms with Crippen LogP contribution in [-0.2, 0) is 41.9 Å². The minimum Gasteiger partial charge on any atom is -0.354 e. The van der Waals surface area contributed by atoms with Crippen molar-refractivity contribution >= 4 is 125 Å². The van der Waals surface area contributed by atoms with E-state index in [0.29, 0.717) is 12.8 Å². The van der Waals surface area contributed by atoms with E-state index in [0.717, 1.165) is 154 Å². The summed E-state index contributed by atoms with van der Waals surface area (Å²) in [5, 5.41) is 8.06. The zero-order valence-electron chi connectivity index (χ0n) is 51.2. The second-order valence-corrected chi connectivity index (χ2v) is 25.4. The number of para-hydroxylation sites is 6. The van der Waals surface area contributed by atoms with Gasteiger partial charge in [-0.1, -0.05) is 120 Å². The molecule has 92 heavy (non-hydrogen) atoms. The minimum atomic E-state index is -0.347. The molecule has 5 aliphatic heterocycles. The first-order valence-corrected chi connectivity index (χ1v) is 33.5. The molecule has 464 valence electrons. The maximum Gasteiger partial charge on any atom is 0.263 e. The number of imide groups is 2. The van der Waals surface area contributed by atoms with Gasteiger partial charge in [0, 0.05) is 149 Å². The Morgan fingerprint density at radius 1 is 0.435 bits per heavy atom. The van der Waals surface area contributed by atoms with Crippen LogP contribution in [0, 0.1) is 0 Å². The molecule has 16 nitrogen and oxygen atoms in total. The van der Waals surface area contributed by atoms with E-state index in [1.807, 2.05) is 0 Å². The molecule has 0 saturated carbocycles. The number of nitrogens with zero attached hydrogens (tertiary/aromatic N) is 8. The highest BCUT2D eigenvalue weighted by atomic mass is 32.1. The molecule has 0 unspecified atom stereocenters. The van der Waals surface area contributed by atoms with E-state index in [9.17, 15) is 28.8 Å². The topological polar surface area (TPSA) is 154 Å². The van der Waals surface area contributed by atoms with Crippen molar-refractivity contribution in [1.29, 1.82) is 0 Å². The number of benzene rings is 6. The molecule has 8 aromatic rings. The molecule has 1 fully saturated rings. The number of hydrogen-bond acceptors (Lipinski definition) is 12. The summed E-state index contributed by atoms with van der Waals surface area (Å²) in [7, 11) is 0. The molecule has 2 N–H and O–H groups in total. The Hall–Kier alpha value is -10.0. The monoisotopic (exact) mass is 1260 g/mol. The van der Waals surface area contributed by atoms with Gasteiger partial charge < -0.3 is 20.4 Å².